The number of amides is 2. The predicted molar refractivity (Wildman–Crippen MR) is 75.8 cm³/mol. The van der Waals surface area contributed by atoms with Crippen LogP contribution in [0.1, 0.15) is 10.4 Å². The molecule has 0 aliphatic heterocycles. The Bertz CT molecular complexity index is 677. The number of benzene rings is 1. The third-order valence-electron chi connectivity index (χ3n) is 2.18. The number of anilines is 2. The summed E-state index contributed by atoms with van der Waals surface area (Å²) in [6, 6.07) is 2.72. The largest absolute Gasteiger partial charge is 0.478 e. The minimum atomic E-state index is -1.34. The van der Waals surface area contributed by atoms with Crippen molar-refractivity contribution in [2.45, 2.75) is 0 Å². The van der Waals surface area contributed by atoms with Crippen molar-refractivity contribution < 1.29 is 19.1 Å². The topological polar surface area (TPSA) is 91.3 Å². The number of halogens is 2. The van der Waals surface area contributed by atoms with Gasteiger partial charge in [0, 0.05) is 0 Å². The lowest BCUT2D eigenvalue weighted by Crippen LogP contribution is -2.21. The van der Waals surface area contributed by atoms with Gasteiger partial charge < -0.3 is 10.4 Å². The van der Waals surface area contributed by atoms with Gasteiger partial charge in [-0.25, -0.2) is 19.0 Å². The van der Waals surface area contributed by atoms with Gasteiger partial charge in [-0.2, -0.15) is 0 Å². The second-order valence-electron chi connectivity index (χ2n) is 3.52. The quantitative estimate of drug-likeness (QED) is 0.783. The fraction of sp³-hybridized carbons (Fsp3) is 0. The van der Waals surface area contributed by atoms with Crippen LogP contribution in [0.4, 0.5) is 20.0 Å². The van der Waals surface area contributed by atoms with Gasteiger partial charge in [0.05, 0.1) is 21.2 Å². The summed E-state index contributed by atoms with van der Waals surface area (Å²) in [6.07, 6.45) is 1.49. The number of carbonyl (C=O) groups is 2. The van der Waals surface area contributed by atoms with Crippen molar-refractivity contribution in [1.82, 2.24) is 4.98 Å². The first-order chi connectivity index (χ1) is 9.47. The van der Waals surface area contributed by atoms with E-state index in [4.69, 9.17) is 5.11 Å². The van der Waals surface area contributed by atoms with Gasteiger partial charge in [-0.3, -0.25) is 5.32 Å². The molecule has 3 N–H and O–H groups in total. The van der Waals surface area contributed by atoms with E-state index in [0.29, 0.717) is 8.92 Å². The van der Waals surface area contributed by atoms with Crippen LogP contribution in [-0.4, -0.2) is 22.1 Å². The lowest BCUT2D eigenvalue weighted by molar-refractivity contribution is 0.0697. The highest BCUT2D eigenvalue weighted by Crippen LogP contribution is 2.24. The smallest absolute Gasteiger partial charge is 0.337 e. The van der Waals surface area contributed by atoms with Crippen LogP contribution in [0.3, 0.4) is 0 Å². The fourth-order valence-corrected chi connectivity index (χ4v) is 2.49. The summed E-state index contributed by atoms with van der Waals surface area (Å²) in [7, 11) is 0. The Labute approximate surface area is 124 Å². The third-order valence-corrected chi connectivity index (χ3v) is 3.57. The Morgan fingerprint density at radius 3 is 2.70 bits per heavy atom. The normalized spacial score (nSPS) is 10.1. The molecule has 0 atom stereocenters. The molecule has 2 amide bonds. The third kappa shape index (κ3) is 3.31. The summed E-state index contributed by atoms with van der Waals surface area (Å²) >= 11 is 4.34. The van der Waals surface area contributed by atoms with Gasteiger partial charge in [-0.05, 0) is 28.1 Å². The minimum Gasteiger partial charge on any atom is -0.478 e. The molecule has 0 aliphatic carbocycles. The van der Waals surface area contributed by atoms with Crippen molar-refractivity contribution in [1.29, 1.82) is 0 Å². The number of aromatic nitrogens is 1. The lowest BCUT2D eigenvalue weighted by atomic mass is 10.1. The van der Waals surface area contributed by atoms with E-state index in [1.54, 1.807) is 0 Å². The molecule has 0 saturated heterocycles. The van der Waals surface area contributed by atoms with Crippen LogP contribution in [0.25, 0.3) is 0 Å². The number of nitrogens with one attached hydrogen (secondary N) is 2. The monoisotopic (exact) mass is 359 g/mol. The summed E-state index contributed by atoms with van der Waals surface area (Å²) in [5.74, 6) is -2.17. The molecule has 20 heavy (non-hydrogen) atoms. The van der Waals surface area contributed by atoms with Crippen LogP contribution in [0.5, 0.6) is 0 Å². The number of aromatic carboxylic acids is 1. The lowest BCUT2D eigenvalue weighted by Gasteiger charge is -2.09. The summed E-state index contributed by atoms with van der Waals surface area (Å²) in [6.45, 7) is 0. The average Bonchev–Trinajstić information content (AvgIpc) is 2.77. The number of nitrogens with zero attached hydrogens (tertiary/aromatic N) is 1. The Balaban J connectivity index is 2.17. The first kappa shape index (κ1) is 14.4. The van der Waals surface area contributed by atoms with Crippen LogP contribution in [-0.2, 0) is 0 Å². The van der Waals surface area contributed by atoms with Crippen molar-refractivity contribution in [3.8, 4) is 0 Å². The summed E-state index contributed by atoms with van der Waals surface area (Å²) in [5, 5.41) is 13.8. The second-order valence-corrected chi connectivity index (χ2v) is 5.93. The minimum absolute atomic E-state index is 0.294. The summed E-state index contributed by atoms with van der Waals surface area (Å²) in [4.78, 5) is 26.5. The Kier molecular flexibility index (Phi) is 4.30. The molecule has 104 valence electrons. The second kappa shape index (κ2) is 5.97. The number of thiazole rings is 1. The number of carboxylic acids is 1. The number of urea groups is 1. The molecule has 0 saturated carbocycles. The molecule has 6 nitrogen and oxygen atoms in total. The Morgan fingerprint density at radius 1 is 1.35 bits per heavy atom. The van der Waals surface area contributed by atoms with E-state index in [2.05, 4.69) is 31.5 Å². The molecule has 1 aromatic heterocycles. The SMILES string of the molecule is O=C(Nc1ncc(Br)s1)Nc1c(F)cccc1C(=O)O. The molecule has 0 fully saturated rings. The zero-order valence-corrected chi connectivity index (χ0v) is 12.1. The van der Waals surface area contributed by atoms with Crippen LogP contribution in [0.2, 0.25) is 0 Å². The van der Waals surface area contributed by atoms with Crippen molar-refractivity contribution in [3.05, 3.63) is 39.6 Å². The van der Waals surface area contributed by atoms with E-state index < -0.39 is 23.5 Å². The van der Waals surface area contributed by atoms with E-state index in [9.17, 15) is 14.0 Å². The molecular weight excluding hydrogens is 353 g/mol. The number of carboxylic acid groups (broad SMARTS) is 1. The van der Waals surface area contributed by atoms with E-state index >= 15 is 0 Å². The van der Waals surface area contributed by atoms with Gasteiger partial charge in [-0.15, -0.1) is 0 Å². The van der Waals surface area contributed by atoms with Crippen molar-refractivity contribution >= 4 is 50.1 Å². The standard InChI is InChI=1S/C11H7BrFN3O3S/c12-7-4-14-11(20-7)16-10(19)15-8-5(9(17)18)2-1-3-6(8)13/h1-4H,(H,17,18)(H2,14,15,16,19). The highest BCUT2D eigenvalue weighted by molar-refractivity contribution is 9.11. The fourth-order valence-electron chi connectivity index (χ4n) is 1.38. The number of hydrogen-bond donors (Lipinski definition) is 3. The van der Waals surface area contributed by atoms with Crippen LogP contribution >= 0.6 is 27.3 Å². The predicted octanol–water partition coefficient (Wildman–Crippen LogP) is 3.39. The van der Waals surface area contributed by atoms with Gasteiger partial charge in [0.2, 0.25) is 0 Å². The highest BCUT2D eigenvalue weighted by atomic mass is 79.9. The summed E-state index contributed by atoms with van der Waals surface area (Å²) in [5.41, 5.74) is -0.728. The van der Waals surface area contributed by atoms with Gasteiger partial charge >= 0.3 is 12.0 Å². The van der Waals surface area contributed by atoms with E-state index in [-0.39, 0.29) is 5.56 Å². The first-order valence-electron chi connectivity index (χ1n) is 5.18. The maximum Gasteiger partial charge on any atom is 0.337 e. The van der Waals surface area contributed by atoms with Gasteiger partial charge in [0.1, 0.15) is 5.82 Å². The van der Waals surface area contributed by atoms with E-state index in [1.165, 1.54) is 18.3 Å². The van der Waals surface area contributed by atoms with E-state index in [1.807, 2.05) is 0 Å². The summed E-state index contributed by atoms with van der Waals surface area (Å²) < 4.78 is 14.3. The molecule has 0 unspecified atom stereocenters. The molecule has 1 heterocycles. The van der Waals surface area contributed by atoms with Crippen LogP contribution in [0, 0.1) is 5.82 Å². The van der Waals surface area contributed by atoms with Gasteiger partial charge in [0.15, 0.2) is 5.13 Å². The number of carbonyl (C=O) groups excluding carboxylic acids is 1. The van der Waals surface area contributed by atoms with Crippen molar-refractivity contribution in [2.24, 2.45) is 0 Å². The molecule has 0 bridgehead atoms. The number of hydrogen-bond acceptors (Lipinski definition) is 4. The first-order valence-corrected chi connectivity index (χ1v) is 6.79. The number of para-hydroxylation sites is 1. The molecular formula is C11H7BrFN3O3S. The van der Waals surface area contributed by atoms with E-state index in [0.717, 1.165) is 17.4 Å². The molecule has 2 rings (SSSR count). The molecule has 0 aliphatic rings. The molecule has 0 radical (unpaired) electrons. The van der Waals surface area contributed by atoms with Crippen LogP contribution < -0.4 is 10.6 Å². The van der Waals surface area contributed by atoms with Crippen LogP contribution in [0.15, 0.2) is 28.2 Å². The molecule has 0 spiro atoms. The average molecular weight is 360 g/mol. The number of rotatable bonds is 3. The maximum atomic E-state index is 13.6. The van der Waals surface area contributed by atoms with Gasteiger partial charge in [-0.1, -0.05) is 17.4 Å². The van der Waals surface area contributed by atoms with Gasteiger partial charge in [0.25, 0.3) is 0 Å². The zero-order chi connectivity index (χ0) is 14.7. The Morgan fingerprint density at radius 2 is 2.10 bits per heavy atom. The van der Waals surface area contributed by atoms with Crippen molar-refractivity contribution in [3.63, 3.8) is 0 Å². The molecule has 2 aromatic rings. The molecule has 1 aromatic carbocycles. The Hall–Kier alpha value is -2.00. The maximum absolute atomic E-state index is 13.6. The molecule has 9 heteroatoms. The van der Waals surface area contributed by atoms with Crippen molar-refractivity contribution in [2.75, 3.05) is 10.6 Å². The zero-order valence-electron chi connectivity index (χ0n) is 9.68. The highest BCUT2D eigenvalue weighted by Gasteiger charge is 2.17.